The molecule has 0 N–H and O–H groups in total. The lowest BCUT2D eigenvalue weighted by atomic mass is 9.91. The second kappa shape index (κ2) is 4.64. The number of hydrogen-bond donors (Lipinski definition) is 0. The number of nitrogens with zero attached hydrogens (tertiary/aromatic N) is 1. The second-order valence-corrected chi connectivity index (χ2v) is 4.14. The van der Waals surface area contributed by atoms with Crippen molar-refractivity contribution in [3.63, 3.8) is 0 Å². The average molecular weight is 221 g/mol. The maximum atomic E-state index is 13.5. The zero-order valence-corrected chi connectivity index (χ0v) is 9.40. The monoisotopic (exact) mass is 221 g/mol. The van der Waals surface area contributed by atoms with Gasteiger partial charge in [0.25, 0.3) is 5.91 Å². The Hall–Kier alpha value is -1.38. The summed E-state index contributed by atoms with van der Waals surface area (Å²) in [6.45, 7) is 2.73. The summed E-state index contributed by atoms with van der Waals surface area (Å²) in [7, 11) is 0. The molecule has 1 amide bonds. The van der Waals surface area contributed by atoms with Crippen molar-refractivity contribution >= 4 is 5.91 Å². The summed E-state index contributed by atoms with van der Waals surface area (Å²) < 4.78 is 13.5. The van der Waals surface area contributed by atoms with E-state index in [9.17, 15) is 9.18 Å². The summed E-state index contributed by atoms with van der Waals surface area (Å²) in [6.07, 6.45) is 0.601. The molecule has 2 nitrogen and oxygen atoms in total. The number of benzene rings is 1. The fourth-order valence-electron chi connectivity index (χ4n) is 2.08. The molecule has 16 heavy (non-hydrogen) atoms. The van der Waals surface area contributed by atoms with Gasteiger partial charge in [-0.1, -0.05) is 43.7 Å². The van der Waals surface area contributed by atoms with Crippen LogP contribution in [-0.4, -0.2) is 23.5 Å². The first kappa shape index (κ1) is 11.1. The first-order chi connectivity index (χ1) is 7.75. The van der Waals surface area contributed by atoms with Crippen LogP contribution in [0.2, 0.25) is 0 Å². The molecule has 1 aliphatic heterocycles. The van der Waals surface area contributed by atoms with Gasteiger partial charge in [-0.05, 0) is 12.0 Å². The summed E-state index contributed by atoms with van der Waals surface area (Å²) in [6, 6.07) is 9.05. The second-order valence-electron chi connectivity index (χ2n) is 4.14. The van der Waals surface area contributed by atoms with Crippen molar-refractivity contribution in [2.24, 2.45) is 0 Å². The maximum Gasteiger partial charge on any atom is 0.260 e. The first-order valence-corrected chi connectivity index (χ1v) is 5.75. The van der Waals surface area contributed by atoms with Gasteiger partial charge in [-0.25, -0.2) is 4.39 Å². The molecule has 1 saturated heterocycles. The molecule has 1 fully saturated rings. The van der Waals surface area contributed by atoms with Gasteiger partial charge in [0.05, 0.1) is 6.04 Å². The van der Waals surface area contributed by atoms with E-state index in [-0.39, 0.29) is 11.9 Å². The Labute approximate surface area is 95.1 Å². The molecule has 0 bridgehead atoms. The lowest BCUT2D eigenvalue weighted by Gasteiger charge is -2.43. The fraction of sp³-hybridized carbons (Fsp3) is 0.462. The highest BCUT2D eigenvalue weighted by atomic mass is 19.1. The van der Waals surface area contributed by atoms with Gasteiger partial charge in [0.15, 0.2) is 0 Å². The van der Waals surface area contributed by atoms with Crippen LogP contribution in [-0.2, 0) is 4.79 Å². The van der Waals surface area contributed by atoms with Crippen LogP contribution in [0.25, 0.3) is 0 Å². The number of halogens is 1. The van der Waals surface area contributed by atoms with E-state index in [0.717, 1.165) is 18.4 Å². The van der Waals surface area contributed by atoms with E-state index in [0.29, 0.717) is 6.54 Å². The number of carbonyl (C=O) groups is 1. The van der Waals surface area contributed by atoms with Crippen LogP contribution in [0.3, 0.4) is 0 Å². The van der Waals surface area contributed by atoms with E-state index in [1.807, 2.05) is 30.3 Å². The van der Waals surface area contributed by atoms with E-state index in [2.05, 4.69) is 6.92 Å². The van der Waals surface area contributed by atoms with E-state index in [1.54, 1.807) is 4.90 Å². The van der Waals surface area contributed by atoms with Gasteiger partial charge in [0, 0.05) is 6.54 Å². The standard InChI is InChI=1S/C13H16FNO/c1-2-3-9-15-12(11(14)13(15)16)10-7-5-4-6-8-10/h4-8,11-12H,2-3,9H2,1H3/t11-,12+/m1/s1. The van der Waals surface area contributed by atoms with Crippen molar-refractivity contribution in [1.29, 1.82) is 0 Å². The Morgan fingerprint density at radius 1 is 1.31 bits per heavy atom. The number of hydrogen-bond acceptors (Lipinski definition) is 1. The predicted molar refractivity (Wildman–Crippen MR) is 60.7 cm³/mol. The summed E-state index contributed by atoms with van der Waals surface area (Å²) in [5, 5.41) is 0. The molecule has 2 atom stereocenters. The number of alkyl halides is 1. The van der Waals surface area contributed by atoms with Crippen molar-refractivity contribution in [2.45, 2.75) is 32.0 Å². The number of unbranched alkanes of at least 4 members (excludes halogenated alkanes) is 1. The van der Waals surface area contributed by atoms with E-state index in [4.69, 9.17) is 0 Å². The highest BCUT2D eigenvalue weighted by Gasteiger charge is 2.47. The number of amides is 1. The molecule has 86 valence electrons. The largest absolute Gasteiger partial charge is 0.330 e. The molecular formula is C13H16FNO. The molecule has 0 aliphatic carbocycles. The van der Waals surface area contributed by atoms with Gasteiger partial charge in [-0.2, -0.15) is 0 Å². The van der Waals surface area contributed by atoms with Gasteiger partial charge in [-0.15, -0.1) is 0 Å². The number of carbonyl (C=O) groups excluding carboxylic acids is 1. The molecule has 0 spiro atoms. The van der Waals surface area contributed by atoms with Gasteiger partial charge in [-0.3, -0.25) is 4.79 Å². The van der Waals surface area contributed by atoms with Crippen LogP contribution in [0.1, 0.15) is 31.4 Å². The first-order valence-electron chi connectivity index (χ1n) is 5.75. The summed E-state index contributed by atoms with van der Waals surface area (Å²) in [5.74, 6) is -0.359. The van der Waals surface area contributed by atoms with Crippen LogP contribution in [0.15, 0.2) is 30.3 Å². The Morgan fingerprint density at radius 3 is 2.62 bits per heavy atom. The Balaban J connectivity index is 2.11. The molecule has 1 heterocycles. The van der Waals surface area contributed by atoms with Gasteiger partial charge in [0.1, 0.15) is 0 Å². The van der Waals surface area contributed by atoms with E-state index >= 15 is 0 Å². The minimum absolute atomic E-state index is 0.359. The predicted octanol–water partition coefficient (Wildman–Crippen LogP) is 2.71. The van der Waals surface area contributed by atoms with Crippen LogP contribution in [0, 0.1) is 0 Å². The molecule has 3 heteroatoms. The minimum atomic E-state index is -1.35. The molecule has 1 aromatic rings. The van der Waals surface area contributed by atoms with Crippen molar-refractivity contribution < 1.29 is 9.18 Å². The van der Waals surface area contributed by atoms with E-state index < -0.39 is 6.17 Å². The summed E-state index contributed by atoms with van der Waals surface area (Å²) >= 11 is 0. The van der Waals surface area contributed by atoms with E-state index in [1.165, 1.54) is 0 Å². The normalized spacial score (nSPS) is 24.4. The fourth-order valence-corrected chi connectivity index (χ4v) is 2.08. The number of rotatable bonds is 4. The molecule has 0 radical (unpaired) electrons. The molecule has 1 aromatic carbocycles. The van der Waals surface area contributed by atoms with Crippen molar-refractivity contribution in [3.05, 3.63) is 35.9 Å². The zero-order chi connectivity index (χ0) is 11.5. The zero-order valence-electron chi connectivity index (χ0n) is 9.40. The van der Waals surface area contributed by atoms with Gasteiger partial charge < -0.3 is 4.90 Å². The number of β-lactam (4-membered cyclic amide) rings is 1. The molecule has 0 saturated carbocycles. The third kappa shape index (κ3) is 1.82. The van der Waals surface area contributed by atoms with Crippen LogP contribution >= 0.6 is 0 Å². The van der Waals surface area contributed by atoms with Crippen LogP contribution < -0.4 is 0 Å². The molecule has 0 unspecified atom stereocenters. The quantitative estimate of drug-likeness (QED) is 0.716. The Kier molecular flexibility index (Phi) is 3.22. The Morgan fingerprint density at radius 2 is 2.00 bits per heavy atom. The number of likely N-dealkylation sites (tertiary alicyclic amines) is 1. The minimum Gasteiger partial charge on any atom is -0.330 e. The van der Waals surface area contributed by atoms with Gasteiger partial charge in [0.2, 0.25) is 6.17 Å². The third-order valence-corrected chi connectivity index (χ3v) is 3.03. The third-order valence-electron chi connectivity index (χ3n) is 3.03. The summed E-state index contributed by atoms with van der Waals surface area (Å²) in [5.41, 5.74) is 0.894. The molecule has 2 rings (SSSR count). The topological polar surface area (TPSA) is 20.3 Å². The summed E-state index contributed by atoms with van der Waals surface area (Å²) in [4.78, 5) is 13.0. The SMILES string of the molecule is CCCCN1C(=O)[C@H](F)[C@@H]1c1ccccc1. The molecule has 1 aliphatic rings. The van der Waals surface area contributed by atoms with Crippen LogP contribution in [0.4, 0.5) is 4.39 Å². The maximum absolute atomic E-state index is 13.5. The lowest BCUT2D eigenvalue weighted by Crippen LogP contribution is -2.56. The van der Waals surface area contributed by atoms with Crippen LogP contribution in [0.5, 0.6) is 0 Å². The van der Waals surface area contributed by atoms with Gasteiger partial charge >= 0.3 is 0 Å². The highest BCUT2D eigenvalue weighted by Crippen LogP contribution is 2.36. The Bertz CT molecular complexity index is 365. The molecule has 0 aromatic heterocycles. The smallest absolute Gasteiger partial charge is 0.260 e. The molecular weight excluding hydrogens is 205 g/mol. The average Bonchev–Trinajstić information content (AvgIpc) is 2.34. The highest BCUT2D eigenvalue weighted by molar-refractivity contribution is 5.88. The van der Waals surface area contributed by atoms with Crippen molar-refractivity contribution in [1.82, 2.24) is 4.90 Å². The van der Waals surface area contributed by atoms with Crippen molar-refractivity contribution in [2.75, 3.05) is 6.54 Å². The van der Waals surface area contributed by atoms with Crippen molar-refractivity contribution in [3.8, 4) is 0 Å². The lowest BCUT2D eigenvalue weighted by molar-refractivity contribution is -0.159.